The number of anilines is 1. The molecule has 3 rings (SSSR count). The Morgan fingerprint density at radius 3 is 2.11 bits per heavy atom. The third kappa shape index (κ3) is 9.50. The summed E-state index contributed by atoms with van der Waals surface area (Å²) < 4.78 is 67.2. The lowest BCUT2D eigenvalue weighted by Crippen LogP contribution is -2.54. The first-order valence-corrected chi connectivity index (χ1v) is 16.4. The van der Waals surface area contributed by atoms with Gasteiger partial charge in [0, 0.05) is 19.0 Å². The van der Waals surface area contributed by atoms with Crippen LogP contribution in [0.1, 0.15) is 37.0 Å². The molecule has 14 heteroatoms. The lowest BCUT2D eigenvalue weighted by atomic mass is 10.0. The van der Waals surface area contributed by atoms with E-state index in [0.29, 0.717) is 22.4 Å². The highest BCUT2D eigenvalue weighted by molar-refractivity contribution is 7.92. The van der Waals surface area contributed by atoms with Gasteiger partial charge < -0.3 is 10.2 Å². The standard InChI is InChI=1S/C30H31Cl3F3N3O4S/c1-4-19(2)37-29(41)27(15-20-8-6-5-7-9-20)38(17-21-10-12-25(32)26(33)14-21)28(40)18-39(44(3,42)43)22-11-13-24(31)23(16-22)30(34,35)36/h5-14,16,19,27H,4,15,17-18H2,1-3H3,(H,37,41)/t19-,27+/m0/s1. The first kappa shape index (κ1) is 35.5. The minimum Gasteiger partial charge on any atom is -0.352 e. The molecule has 0 fully saturated rings. The highest BCUT2D eigenvalue weighted by Gasteiger charge is 2.36. The van der Waals surface area contributed by atoms with Crippen LogP contribution in [0.4, 0.5) is 18.9 Å². The van der Waals surface area contributed by atoms with Gasteiger partial charge in [-0.25, -0.2) is 8.42 Å². The molecule has 3 aromatic carbocycles. The quantitative estimate of drug-likeness (QED) is 0.222. The van der Waals surface area contributed by atoms with Gasteiger partial charge in [-0.3, -0.25) is 13.9 Å². The number of sulfonamides is 1. The number of hydrogen-bond acceptors (Lipinski definition) is 4. The molecule has 0 aliphatic rings. The maximum atomic E-state index is 14.1. The van der Waals surface area contributed by atoms with E-state index in [2.05, 4.69) is 5.32 Å². The Balaban J connectivity index is 2.13. The van der Waals surface area contributed by atoms with Crippen LogP contribution in [0.3, 0.4) is 0 Å². The summed E-state index contributed by atoms with van der Waals surface area (Å²) in [6.07, 6.45) is -3.45. The number of amides is 2. The van der Waals surface area contributed by atoms with Crippen LogP contribution in [0.2, 0.25) is 15.1 Å². The molecule has 0 radical (unpaired) electrons. The van der Waals surface area contributed by atoms with Crippen molar-refractivity contribution in [2.45, 2.75) is 51.5 Å². The number of carbonyl (C=O) groups excluding carboxylic acids is 2. The largest absolute Gasteiger partial charge is 0.417 e. The van der Waals surface area contributed by atoms with Crippen LogP contribution < -0.4 is 9.62 Å². The second-order valence-electron chi connectivity index (χ2n) is 10.2. The average Bonchev–Trinajstić information content (AvgIpc) is 2.95. The van der Waals surface area contributed by atoms with E-state index in [9.17, 15) is 31.2 Å². The predicted molar refractivity (Wildman–Crippen MR) is 167 cm³/mol. The van der Waals surface area contributed by atoms with Gasteiger partial charge in [0.05, 0.1) is 32.6 Å². The number of halogens is 6. The molecule has 0 unspecified atom stereocenters. The average molecular weight is 693 g/mol. The fourth-order valence-electron chi connectivity index (χ4n) is 4.33. The zero-order valence-corrected chi connectivity index (χ0v) is 27.1. The van der Waals surface area contributed by atoms with Gasteiger partial charge in [0.1, 0.15) is 12.6 Å². The van der Waals surface area contributed by atoms with Crippen LogP contribution in [-0.2, 0) is 38.8 Å². The Labute approximate surface area is 269 Å². The van der Waals surface area contributed by atoms with Crippen molar-refractivity contribution in [2.24, 2.45) is 0 Å². The molecule has 2 amide bonds. The van der Waals surface area contributed by atoms with Crippen molar-refractivity contribution in [1.29, 1.82) is 0 Å². The second kappa shape index (κ2) is 14.9. The third-order valence-corrected chi connectivity index (χ3v) is 9.04. The summed E-state index contributed by atoms with van der Waals surface area (Å²) in [7, 11) is -4.30. The summed E-state index contributed by atoms with van der Waals surface area (Å²) in [6.45, 7) is 2.59. The minimum atomic E-state index is -4.88. The van der Waals surface area contributed by atoms with Crippen LogP contribution in [0.15, 0.2) is 66.7 Å². The van der Waals surface area contributed by atoms with E-state index in [1.54, 1.807) is 43.3 Å². The van der Waals surface area contributed by atoms with Gasteiger partial charge in [-0.1, -0.05) is 78.1 Å². The Morgan fingerprint density at radius 2 is 1.55 bits per heavy atom. The molecular weight excluding hydrogens is 662 g/mol. The number of rotatable bonds is 12. The molecule has 0 heterocycles. The van der Waals surface area contributed by atoms with E-state index in [1.807, 2.05) is 6.92 Å². The maximum absolute atomic E-state index is 14.1. The predicted octanol–water partition coefficient (Wildman–Crippen LogP) is 6.99. The molecule has 44 heavy (non-hydrogen) atoms. The molecule has 3 aromatic rings. The molecule has 7 nitrogen and oxygen atoms in total. The highest BCUT2D eigenvalue weighted by Crippen LogP contribution is 2.37. The van der Waals surface area contributed by atoms with Crippen molar-refractivity contribution in [1.82, 2.24) is 10.2 Å². The van der Waals surface area contributed by atoms with Crippen molar-refractivity contribution in [3.8, 4) is 0 Å². The molecule has 0 saturated heterocycles. The SMILES string of the molecule is CC[C@H](C)NC(=O)[C@@H](Cc1ccccc1)N(Cc1ccc(Cl)c(Cl)c1)C(=O)CN(c1ccc(Cl)c(C(F)(F)F)c1)S(C)(=O)=O. The lowest BCUT2D eigenvalue weighted by molar-refractivity contribution is -0.140. The van der Waals surface area contributed by atoms with E-state index < -0.39 is 56.9 Å². The zero-order valence-electron chi connectivity index (χ0n) is 24.0. The van der Waals surface area contributed by atoms with Crippen LogP contribution >= 0.6 is 34.8 Å². The van der Waals surface area contributed by atoms with Crippen molar-refractivity contribution in [3.63, 3.8) is 0 Å². The Morgan fingerprint density at radius 1 is 0.909 bits per heavy atom. The first-order valence-electron chi connectivity index (χ1n) is 13.4. The molecule has 0 aliphatic heterocycles. The van der Waals surface area contributed by atoms with Crippen molar-refractivity contribution in [3.05, 3.63) is 98.5 Å². The summed E-state index contributed by atoms with van der Waals surface area (Å²) in [5.41, 5.74) is -0.480. The highest BCUT2D eigenvalue weighted by atomic mass is 35.5. The Kier molecular flexibility index (Phi) is 12.0. The van der Waals surface area contributed by atoms with E-state index in [-0.39, 0.29) is 29.1 Å². The topological polar surface area (TPSA) is 86.8 Å². The summed E-state index contributed by atoms with van der Waals surface area (Å²) in [4.78, 5) is 29.0. The molecule has 0 aliphatic carbocycles. The van der Waals surface area contributed by atoms with E-state index >= 15 is 0 Å². The van der Waals surface area contributed by atoms with Crippen molar-refractivity contribution >= 4 is 62.3 Å². The minimum absolute atomic E-state index is 0.0637. The fourth-order valence-corrected chi connectivity index (χ4v) is 5.72. The van der Waals surface area contributed by atoms with E-state index in [4.69, 9.17) is 34.8 Å². The molecule has 2 atom stereocenters. The van der Waals surface area contributed by atoms with Crippen LogP contribution in [-0.4, -0.2) is 50.0 Å². The summed E-state index contributed by atoms with van der Waals surface area (Å²) in [5, 5.41) is 2.71. The van der Waals surface area contributed by atoms with Gasteiger partial charge in [0.2, 0.25) is 21.8 Å². The maximum Gasteiger partial charge on any atom is 0.417 e. The van der Waals surface area contributed by atoms with Gasteiger partial charge in [0.15, 0.2) is 0 Å². The fraction of sp³-hybridized carbons (Fsp3) is 0.333. The van der Waals surface area contributed by atoms with Crippen LogP contribution in [0.5, 0.6) is 0 Å². The van der Waals surface area contributed by atoms with Gasteiger partial charge >= 0.3 is 6.18 Å². The van der Waals surface area contributed by atoms with Gasteiger partial charge in [-0.15, -0.1) is 0 Å². The summed E-state index contributed by atoms with van der Waals surface area (Å²) in [5.74, 6) is -1.33. The molecule has 238 valence electrons. The first-order chi connectivity index (χ1) is 20.5. The molecule has 0 aromatic heterocycles. The lowest BCUT2D eigenvalue weighted by Gasteiger charge is -2.34. The molecular formula is C30H31Cl3F3N3O4S. The molecule has 0 spiro atoms. The van der Waals surface area contributed by atoms with Crippen LogP contribution in [0.25, 0.3) is 0 Å². The molecule has 1 N–H and O–H groups in total. The number of alkyl halides is 3. The Bertz CT molecular complexity index is 1590. The number of carbonyl (C=O) groups is 2. The summed E-state index contributed by atoms with van der Waals surface area (Å²) >= 11 is 18.0. The smallest absolute Gasteiger partial charge is 0.352 e. The van der Waals surface area contributed by atoms with Gasteiger partial charge in [-0.2, -0.15) is 13.2 Å². The number of benzene rings is 3. The Hall–Kier alpha value is -2.99. The van der Waals surface area contributed by atoms with Crippen LogP contribution in [0, 0.1) is 0 Å². The van der Waals surface area contributed by atoms with Crippen molar-refractivity contribution in [2.75, 3.05) is 17.1 Å². The van der Waals surface area contributed by atoms with Gasteiger partial charge in [0.25, 0.3) is 0 Å². The molecule has 0 bridgehead atoms. The van der Waals surface area contributed by atoms with Crippen molar-refractivity contribution < 1.29 is 31.2 Å². The summed E-state index contributed by atoms with van der Waals surface area (Å²) in [6, 6.07) is 14.7. The second-order valence-corrected chi connectivity index (χ2v) is 13.4. The van der Waals surface area contributed by atoms with E-state index in [1.165, 1.54) is 17.0 Å². The van der Waals surface area contributed by atoms with Gasteiger partial charge in [-0.05, 0) is 54.8 Å². The number of nitrogens with one attached hydrogen (secondary N) is 1. The normalized spacial score (nSPS) is 13.2. The third-order valence-electron chi connectivity index (χ3n) is 6.83. The molecule has 0 saturated carbocycles. The zero-order chi connectivity index (χ0) is 32.8. The number of hydrogen-bond donors (Lipinski definition) is 1. The van der Waals surface area contributed by atoms with E-state index in [0.717, 1.165) is 24.0 Å². The number of nitrogens with zero attached hydrogens (tertiary/aromatic N) is 2. The monoisotopic (exact) mass is 691 g/mol.